The van der Waals surface area contributed by atoms with Crippen LogP contribution in [-0.4, -0.2) is 12.0 Å². The van der Waals surface area contributed by atoms with E-state index in [4.69, 9.17) is 4.42 Å². The Labute approximate surface area is 104 Å². The van der Waals surface area contributed by atoms with Crippen LogP contribution in [0.15, 0.2) is 10.6 Å². The second kappa shape index (κ2) is 4.81. The lowest BCUT2D eigenvalue weighted by atomic mass is 9.68. The summed E-state index contributed by atoms with van der Waals surface area (Å²) in [5.41, 5.74) is 0.345. The van der Waals surface area contributed by atoms with Crippen LogP contribution in [0.4, 0.5) is 0 Å². The van der Waals surface area contributed by atoms with Gasteiger partial charge in [0.1, 0.15) is 5.76 Å². The summed E-state index contributed by atoms with van der Waals surface area (Å²) in [5, 5.41) is 3.16. The van der Waals surface area contributed by atoms with Gasteiger partial charge in [0.2, 0.25) is 5.89 Å². The van der Waals surface area contributed by atoms with E-state index < -0.39 is 0 Å². The molecule has 3 heteroatoms. The molecule has 0 bridgehead atoms. The number of oxazole rings is 1. The van der Waals surface area contributed by atoms with Gasteiger partial charge in [-0.2, -0.15) is 0 Å². The lowest BCUT2D eigenvalue weighted by Gasteiger charge is -2.37. The van der Waals surface area contributed by atoms with Crippen molar-refractivity contribution in [3.05, 3.63) is 17.8 Å². The lowest BCUT2D eigenvalue weighted by Crippen LogP contribution is -2.25. The maximum absolute atomic E-state index is 5.94. The second-order valence-corrected chi connectivity index (χ2v) is 5.90. The molecule has 0 aromatic carbocycles. The quantitative estimate of drug-likeness (QED) is 0.870. The van der Waals surface area contributed by atoms with E-state index >= 15 is 0 Å². The molecule has 1 aromatic heterocycles. The van der Waals surface area contributed by atoms with Gasteiger partial charge in [-0.25, -0.2) is 4.98 Å². The van der Waals surface area contributed by atoms with E-state index in [0.29, 0.717) is 11.3 Å². The predicted octanol–water partition coefficient (Wildman–Crippen LogP) is 3.64. The summed E-state index contributed by atoms with van der Waals surface area (Å²) in [7, 11) is 1.93. The van der Waals surface area contributed by atoms with Crippen LogP contribution in [0.2, 0.25) is 0 Å². The molecule has 1 N–H and O–H groups in total. The van der Waals surface area contributed by atoms with E-state index in [9.17, 15) is 0 Å². The Morgan fingerprint density at radius 1 is 1.47 bits per heavy atom. The van der Waals surface area contributed by atoms with Crippen LogP contribution in [0.25, 0.3) is 0 Å². The summed E-state index contributed by atoms with van der Waals surface area (Å²) in [6, 6.07) is 0.190. The molecule has 0 spiro atoms. The topological polar surface area (TPSA) is 38.1 Å². The predicted molar refractivity (Wildman–Crippen MR) is 69.0 cm³/mol. The Balaban J connectivity index is 2.18. The standard InChI is InChI=1S/C14H24N2O/c1-10(15-4)13-16-9-12(17-13)11-7-5-6-8-14(11,2)3/h9-11,15H,5-8H2,1-4H3. The van der Waals surface area contributed by atoms with Gasteiger partial charge in [-0.3, -0.25) is 0 Å². The third-order valence-corrected chi connectivity index (χ3v) is 4.20. The van der Waals surface area contributed by atoms with E-state index in [1.807, 2.05) is 13.2 Å². The molecule has 1 heterocycles. The zero-order chi connectivity index (χ0) is 12.5. The molecule has 2 unspecified atom stereocenters. The number of rotatable bonds is 3. The second-order valence-electron chi connectivity index (χ2n) is 5.90. The molecule has 2 rings (SSSR count). The lowest BCUT2D eigenvalue weighted by molar-refractivity contribution is 0.175. The molecule has 0 radical (unpaired) electrons. The minimum Gasteiger partial charge on any atom is -0.444 e. The normalized spacial score (nSPS) is 25.8. The van der Waals surface area contributed by atoms with Crippen molar-refractivity contribution in [3.63, 3.8) is 0 Å². The molecule has 96 valence electrons. The van der Waals surface area contributed by atoms with Crippen molar-refractivity contribution in [1.29, 1.82) is 0 Å². The van der Waals surface area contributed by atoms with Gasteiger partial charge < -0.3 is 9.73 Å². The van der Waals surface area contributed by atoms with Crippen LogP contribution < -0.4 is 5.32 Å². The smallest absolute Gasteiger partial charge is 0.211 e. The van der Waals surface area contributed by atoms with E-state index in [1.165, 1.54) is 25.7 Å². The first kappa shape index (κ1) is 12.6. The number of aromatic nitrogens is 1. The van der Waals surface area contributed by atoms with Crippen LogP contribution in [0.3, 0.4) is 0 Å². The fourth-order valence-electron chi connectivity index (χ4n) is 2.81. The summed E-state index contributed by atoms with van der Waals surface area (Å²) in [6.07, 6.45) is 7.11. The summed E-state index contributed by atoms with van der Waals surface area (Å²) in [4.78, 5) is 4.40. The van der Waals surface area contributed by atoms with Crippen LogP contribution in [0.1, 0.15) is 70.1 Å². The largest absolute Gasteiger partial charge is 0.444 e. The third kappa shape index (κ3) is 2.54. The van der Waals surface area contributed by atoms with Gasteiger partial charge in [-0.15, -0.1) is 0 Å². The highest BCUT2D eigenvalue weighted by Gasteiger charge is 2.35. The van der Waals surface area contributed by atoms with Gasteiger partial charge >= 0.3 is 0 Å². The molecule has 1 saturated carbocycles. The van der Waals surface area contributed by atoms with Gasteiger partial charge in [0.25, 0.3) is 0 Å². The average Bonchev–Trinajstić information content (AvgIpc) is 2.76. The molecule has 1 aliphatic rings. The molecule has 1 aromatic rings. The summed E-state index contributed by atoms with van der Waals surface area (Å²) in [6.45, 7) is 6.77. The first-order valence-electron chi connectivity index (χ1n) is 6.67. The van der Waals surface area contributed by atoms with Crippen molar-refractivity contribution in [2.45, 2.75) is 58.4 Å². The Bertz CT molecular complexity index is 370. The number of hydrogen-bond donors (Lipinski definition) is 1. The summed E-state index contributed by atoms with van der Waals surface area (Å²) in [5.74, 6) is 2.41. The van der Waals surface area contributed by atoms with Crippen molar-refractivity contribution in [1.82, 2.24) is 10.3 Å². The molecular weight excluding hydrogens is 212 g/mol. The third-order valence-electron chi connectivity index (χ3n) is 4.20. The van der Waals surface area contributed by atoms with Crippen LogP contribution in [0.5, 0.6) is 0 Å². The highest BCUT2D eigenvalue weighted by Crippen LogP contribution is 2.46. The number of hydrogen-bond acceptors (Lipinski definition) is 3. The monoisotopic (exact) mass is 236 g/mol. The first-order valence-corrected chi connectivity index (χ1v) is 6.67. The first-order chi connectivity index (χ1) is 8.04. The molecule has 17 heavy (non-hydrogen) atoms. The van der Waals surface area contributed by atoms with Crippen LogP contribution in [-0.2, 0) is 0 Å². The average molecular weight is 236 g/mol. The van der Waals surface area contributed by atoms with Crippen molar-refractivity contribution < 1.29 is 4.42 Å². The van der Waals surface area contributed by atoms with Gasteiger partial charge in [0.15, 0.2) is 0 Å². The van der Waals surface area contributed by atoms with E-state index in [0.717, 1.165) is 11.7 Å². The van der Waals surface area contributed by atoms with Crippen molar-refractivity contribution in [2.75, 3.05) is 7.05 Å². The van der Waals surface area contributed by atoms with E-state index in [2.05, 4.69) is 31.1 Å². The molecule has 1 aliphatic carbocycles. The van der Waals surface area contributed by atoms with Gasteiger partial charge in [0.05, 0.1) is 12.2 Å². The highest BCUT2D eigenvalue weighted by atomic mass is 16.4. The number of nitrogens with zero attached hydrogens (tertiary/aromatic N) is 1. The molecule has 0 aliphatic heterocycles. The minimum atomic E-state index is 0.190. The van der Waals surface area contributed by atoms with Crippen molar-refractivity contribution in [3.8, 4) is 0 Å². The Morgan fingerprint density at radius 2 is 2.24 bits per heavy atom. The Hall–Kier alpha value is -0.830. The summed E-state index contributed by atoms with van der Waals surface area (Å²) >= 11 is 0. The molecule has 1 fully saturated rings. The van der Waals surface area contributed by atoms with E-state index in [-0.39, 0.29) is 6.04 Å². The zero-order valence-corrected chi connectivity index (χ0v) is 11.4. The van der Waals surface area contributed by atoms with Crippen molar-refractivity contribution >= 4 is 0 Å². The Morgan fingerprint density at radius 3 is 2.88 bits per heavy atom. The molecule has 2 atom stereocenters. The minimum absolute atomic E-state index is 0.190. The van der Waals surface area contributed by atoms with Crippen LogP contribution in [0, 0.1) is 5.41 Å². The molecule has 0 amide bonds. The van der Waals surface area contributed by atoms with Crippen LogP contribution >= 0.6 is 0 Å². The number of nitrogens with one attached hydrogen (secondary N) is 1. The zero-order valence-electron chi connectivity index (χ0n) is 11.4. The van der Waals surface area contributed by atoms with Crippen molar-refractivity contribution in [2.24, 2.45) is 5.41 Å². The highest BCUT2D eigenvalue weighted by molar-refractivity contribution is 5.09. The molecule has 3 nitrogen and oxygen atoms in total. The SMILES string of the molecule is CNC(C)c1ncc(C2CCCCC2(C)C)o1. The summed E-state index contributed by atoms with van der Waals surface area (Å²) < 4.78 is 5.94. The van der Waals surface area contributed by atoms with Gasteiger partial charge in [-0.1, -0.05) is 26.7 Å². The molecular formula is C14H24N2O. The molecule has 0 saturated heterocycles. The van der Waals surface area contributed by atoms with Gasteiger partial charge in [0, 0.05) is 5.92 Å². The van der Waals surface area contributed by atoms with E-state index in [1.54, 1.807) is 0 Å². The fourth-order valence-corrected chi connectivity index (χ4v) is 2.81. The Kier molecular flexibility index (Phi) is 3.57. The maximum Gasteiger partial charge on any atom is 0.211 e. The van der Waals surface area contributed by atoms with Gasteiger partial charge in [-0.05, 0) is 32.2 Å². The maximum atomic E-state index is 5.94. The fraction of sp³-hybridized carbons (Fsp3) is 0.786.